The Morgan fingerprint density at radius 2 is 0.980 bits per heavy atom. The molecule has 12 nitrogen and oxygen atoms in total. The van der Waals surface area contributed by atoms with Crippen molar-refractivity contribution in [2.24, 2.45) is 0 Å². The fourth-order valence-electron chi connectivity index (χ4n) is 7.54. The molecule has 0 bridgehead atoms. The van der Waals surface area contributed by atoms with Crippen LogP contribution >= 0.6 is 0 Å². The van der Waals surface area contributed by atoms with Gasteiger partial charge in [-0.15, -0.1) is 0 Å². The van der Waals surface area contributed by atoms with E-state index in [1.54, 1.807) is 39.8 Å². The molecule has 2 aromatic carbocycles. The molecule has 6 rings (SSSR count). The fourth-order valence-corrected chi connectivity index (χ4v) is 7.54. The van der Waals surface area contributed by atoms with Crippen molar-refractivity contribution in [2.45, 2.75) is 77.8 Å². The van der Waals surface area contributed by atoms with Crippen LogP contribution in [0.5, 0.6) is 11.5 Å². The maximum absolute atomic E-state index is 14.2. The monoisotopic (exact) mass is 686 g/mol. The lowest BCUT2D eigenvalue weighted by molar-refractivity contribution is -0.148. The van der Waals surface area contributed by atoms with E-state index in [1.165, 1.54) is 26.4 Å². The number of rotatable bonds is 9. The highest BCUT2D eigenvalue weighted by molar-refractivity contribution is 6.30. The standard InChI is InChI=1S/C38H38O12/c1-7-47-27(39)15-19-13-25-29(17(3)49-19)35(43)31-23(33(25)41)11-9-21(37(31)45-5)22-10-12-24-32(38(22)46-6)36(44)30-18(4)50-20(14-26(30)34(24)42)16-28(40)48-8-2/h9-12,17-20H,7-8,13-16H2,1-6H3/t17-,18-,19+,20+/m1/s1. The SMILES string of the molecule is CCOC(=O)C[C@@H]1CC2=C(C(=O)c3c(ccc(-c4ccc5c(c4OC)C(=O)C4=C(C[C@@H](CC(=O)OCC)O[C@@H]4C)C5=O)c3OC)C2=O)[C@@H](C)O1. The Hall–Kier alpha value is -4.94. The minimum atomic E-state index is -0.780. The summed E-state index contributed by atoms with van der Waals surface area (Å²) in [6.45, 7) is 7.15. The molecule has 12 heteroatoms. The third kappa shape index (κ3) is 5.75. The zero-order valence-electron chi connectivity index (χ0n) is 28.8. The third-order valence-electron chi connectivity index (χ3n) is 9.51. The molecule has 0 aromatic heterocycles. The second-order valence-corrected chi connectivity index (χ2v) is 12.5. The Balaban J connectivity index is 1.39. The first-order valence-corrected chi connectivity index (χ1v) is 16.6. The molecule has 0 spiro atoms. The Bertz CT molecular complexity index is 1780. The van der Waals surface area contributed by atoms with Crippen LogP contribution in [0.2, 0.25) is 0 Å². The van der Waals surface area contributed by atoms with Gasteiger partial charge in [0.25, 0.3) is 0 Å². The lowest BCUT2D eigenvalue weighted by Crippen LogP contribution is -2.38. The van der Waals surface area contributed by atoms with Crippen LogP contribution in [0.15, 0.2) is 46.6 Å². The second kappa shape index (κ2) is 13.8. The average molecular weight is 687 g/mol. The van der Waals surface area contributed by atoms with Crippen molar-refractivity contribution >= 4 is 35.1 Å². The van der Waals surface area contributed by atoms with Crippen molar-refractivity contribution in [3.63, 3.8) is 0 Å². The van der Waals surface area contributed by atoms with E-state index < -0.39 is 47.9 Å². The normalized spacial score (nSPS) is 22.8. The number of ketones is 4. The van der Waals surface area contributed by atoms with Gasteiger partial charge in [0.05, 0.1) is 75.8 Å². The molecule has 0 amide bonds. The van der Waals surface area contributed by atoms with Crippen LogP contribution in [-0.4, -0.2) is 86.9 Å². The van der Waals surface area contributed by atoms with Gasteiger partial charge in [-0.2, -0.15) is 0 Å². The van der Waals surface area contributed by atoms with Crippen LogP contribution < -0.4 is 9.47 Å². The quantitative estimate of drug-likeness (QED) is 0.326. The molecule has 0 fully saturated rings. The number of ether oxygens (including phenoxy) is 6. The van der Waals surface area contributed by atoms with Gasteiger partial charge in [0.15, 0.2) is 23.1 Å². The summed E-state index contributed by atoms with van der Waals surface area (Å²) in [5, 5.41) is 0. The molecule has 50 heavy (non-hydrogen) atoms. The van der Waals surface area contributed by atoms with Gasteiger partial charge in [0, 0.05) is 57.4 Å². The van der Waals surface area contributed by atoms with Gasteiger partial charge in [0.2, 0.25) is 0 Å². The highest BCUT2D eigenvalue weighted by Gasteiger charge is 2.45. The van der Waals surface area contributed by atoms with Gasteiger partial charge >= 0.3 is 11.9 Å². The molecule has 0 N–H and O–H groups in total. The van der Waals surface area contributed by atoms with Gasteiger partial charge < -0.3 is 28.4 Å². The summed E-state index contributed by atoms with van der Waals surface area (Å²) in [6.07, 6.45) is -2.77. The van der Waals surface area contributed by atoms with Crippen LogP contribution in [0, 0.1) is 0 Å². The highest BCUT2D eigenvalue weighted by Crippen LogP contribution is 2.48. The topological polar surface area (TPSA) is 158 Å². The largest absolute Gasteiger partial charge is 0.495 e. The Kier molecular flexibility index (Phi) is 9.60. The van der Waals surface area contributed by atoms with E-state index in [0.717, 1.165) is 0 Å². The molecular formula is C38H38O12. The van der Waals surface area contributed by atoms with E-state index >= 15 is 0 Å². The summed E-state index contributed by atoms with van der Waals surface area (Å²) in [5.41, 5.74) is 2.07. The molecule has 2 aromatic rings. The van der Waals surface area contributed by atoms with E-state index in [4.69, 9.17) is 28.4 Å². The number of esters is 2. The molecule has 262 valence electrons. The number of fused-ring (bicyclic) bond motifs is 2. The van der Waals surface area contributed by atoms with Crippen LogP contribution in [0.25, 0.3) is 11.1 Å². The first-order chi connectivity index (χ1) is 23.9. The van der Waals surface area contributed by atoms with E-state index in [-0.39, 0.29) is 95.4 Å². The Morgan fingerprint density at radius 3 is 1.32 bits per heavy atom. The maximum atomic E-state index is 14.2. The lowest BCUT2D eigenvalue weighted by Gasteiger charge is -2.35. The average Bonchev–Trinajstić information content (AvgIpc) is 3.07. The first kappa shape index (κ1) is 34.9. The number of hydrogen-bond acceptors (Lipinski definition) is 12. The predicted molar refractivity (Wildman–Crippen MR) is 177 cm³/mol. The molecule has 2 aliphatic heterocycles. The van der Waals surface area contributed by atoms with Crippen LogP contribution in [0.4, 0.5) is 0 Å². The number of methoxy groups -OCH3 is 2. The van der Waals surface area contributed by atoms with E-state index in [9.17, 15) is 28.8 Å². The summed E-state index contributed by atoms with van der Waals surface area (Å²) in [5.74, 6) is -2.34. The third-order valence-corrected chi connectivity index (χ3v) is 9.51. The molecule has 2 aliphatic carbocycles. The fraction of sp³-hybridized carbons (Fsp3) is 0.421. The van der Waals surface area contributed by atoms with Gasteiger partial charge in [-0.3, -0.25) is 28.8 Å². The molecular weight excluding hydrogens is 648 g/mol. The lowest BCUT2D eigenvalue weighted by atomic mass is 9.75. The Morgan fingerprint density at radius 1 is 0.620 bits per heavy atom. The number of benzene rings is 2. The summed E-state index contributed by atoms with van der Waals surface area (Å²) in [4.78, 5) is 80.4. The van der Waals surface area contributed by atoms with Crippen molar-refractivity contribution in [3.8, 4) is 22.6 Å². The van der Waals surface area contributed by atoms with Crippen molar-refractivity contribution in [3.05, 3.63) is 68.8 Å². The summed E-state index contributed by atoms with van der Waals surface area (Å²) < 4.78 is 33.7. The van der Waals surface area contributed by atoms with Gasteiger partial charge in [-0.05, 0) is 52.0 Å². The van der Waals surface area contributed by atoms with Gasteiger partial charge in [0.1, 0.15) is 11.5 Å². The first-order valence-electron chi connectivity index (χ1n) is 16.6. The summed E-state index contributed by atoms with van der Waals surface area (Å²) in [6, 6.07) is 6.29. The smallest absolute Gasteiger partial charge is 0.308 e. The molecule has 0 saturated heterocycles. The van der Waals surface area contributed by atoms with E-state index in [0.29, 0.717) is 22.3 Å². The number of Topliss-reactive ketones (excluding diaryl/α,β-unsaturated/α-hetero) is 4. The maximum Gasteiger partial charge on any atom is 0.308 e. The van der Waals surface area contributed by atoms with E-state index in [1.807, 2.05) is 0 Å². The van der Waals surface area contributed by atoms with E-state index in [2.05, 4.69) is 0 Å². The summed E-state index contributed by atoms with van der Waals surface area (Å²) in [7, 11) is 2.75. The number of hydrogen-bond donors (Lipinski definition) is 0. The molecule has 4 aliphatic rings. The second-order valence-electron chi connectivity index (χ2n) is 12.5. The zero-order valence-corrected chi connectivity index (χ0v) is 28.8. The minimum absolute atomic E-state index is 0.0437. The number of carbonyl (C=O) groups excluding carboxylic acids is 6. The van der Waals surface area contributed by atoms with Crippen molar-refractivity contribution in [1.29, 1.82) is 0 Å². The number of carbonyl (C=O) groups is 6. The molecule has 0 radical (unpaired) electrons. The van der Waals surface area contributed by atoms with Gasteiger partial charge in [-0.1, -0.05) is 0 Å². The van der Waals surface area contributed by atoms with Crippen molar-refractivity contribution in [1.82, 2.24) is 0 Å². The van der Waals surface area contributed by atoms with Crippen molar-refractivity contribution in [2.75, 3.05) is 27.4 Å². The van der Waals surface area contributed by atoms with Crippen LogP contribution in [0.1, 0.15) is 94.8 Å². The molecule has 0 unspecified atom stereocenters. The minimum Gasteiger partial charge on any atom is -0.495 e. The molecule has 2 heterocycles. The predicted octanol–water partition coefficient (Wildman–Crippen LogP) is 4.98. The molecule has 4 atom stereocenters. The van der Waals surface area contributed by atoms with Crippen molar-refractivity contribution < 1.29 is 57.2 Å². The molecule has 0 saturated carbocycles. The zero-order chi connectivity index (χ0) is 36.0. The van der Waals surface area contributed by atoms with Crippen LogP contribution in [0.3, 0.4) is 0 Å². The van der Waals surface area contributed by atoms with Gasteiger partial charge in [-0.25, -0.2) is 0 Å². The highest BCUT2D eigenvalue weighted by atomic mass is 16.5. The summed E-state index contributed by atoms with van der Waals surface area (Å²) >= 11 is 0. The van der Waals surface area contributed by atoms with Crippen LogP contribution in [-0.2, 0) is 28.5 Å². The Labute approximate surface area is 288 Å².